The monoisotopic (exact) mass is 526 g/mol. The normalized spacial score (nSPS) is 22.1. The summed E-state index contributed by atoms with van der Waals surface area (Å²) in [7, 11) is 1.56. The summed E-state index contributed by atoms with van der Waals surface area (Å²) in [6.45, 7) is 10.1. The van der Waals surface area contributed by atoms with Crippen LogP contribution in [0.5, 0.6) is 0 Å². The molecule has 0 spiro atoms. The van der Waals surface area contributed by atoms with Gasteiger partial charge in [-0.2, -0.15) is 0 Å². The summed E-state index contributed by atoms with van der Waals surface area (Å²) in [5.41, 5.74) is 2.68. The van der Waals surface area contributed by atoms with Crippen LogP contribution in [0.3, 0.4) is 0 Å². The van der Waals surface area contributed by atoms with E-state index in [1.165, 1.54) is 16.2 Å². The molecule has 200 valence electrons. The predicted octanol–water partition coefficient (Wildman–Crippen LogP) is 4.15. The largest absolute Gasteiger partial charge is 0.383 e. The van der Waals surface area contributed by atoms with Crippen molar-refractivity contribution in [2.75, 3.05) is 38.7 Å². The number of thiazole rings is 1. The molecule has 1 aliphatic heterocycles. The van der Waals surface area contributed by atoms with Gasteiger partial charge in [-0.1, -0.05) is 38.5 Å². The summed E-state index contributed by atoms with van der Waals surface area (Å²) in [6.07, 6.45) is 3.47. The van der Waals surface area contributed by atoms with E-state index < -0.39 is 0 Å². The zero-order valence-corrected chi connectivity index (χ0v) is 23.3. The lowest BCUT2D eigenvalue weighted by Crippen LogP contribution is -2.40. The highest BCUT2D eigenvalue weighted by atomic mass is 32.1. The molecule has 2 bridgehead atoms. The second-order valence-corrected chi connectivity index (χ2v) is 12.5. The number of amides is 3. The van der Waals surface area contributed by atoms with Gasteiger partial charge in [0.05, 0.1) is 18.7 Å². The number of nitrogens with zero attached hydrogens (tertiary/aromatic N) is 3. The Hall–Kier alpha value is -2.78. The van der Waals surface area contributed by atoms with Gasteiger partial charge in [0.25, 0.3) is 5.91 Å². The Bertz CT molecular complexity index is 1150. The Labute approximate surface area is 223 Å². The molecule has 1 aromatic heterocycles. The van der Waals surface area contributed by atoms with Gasteiger partial charge in [-0.3, -0.25) is 14.4 Å². The molecule has 2 fully saturated rings. The fraction of sp³-hybridized carbons (Fsp3) is 0.571. The Morgan fingerprint density at radius 3 is 2.62 bits per heavy atom. The zero-order chi connectivity index (χ0) is 26.8. The van der Waals surface area contributed by atoms with Crippen LogP contribution >= 0.6 is 11.3 Å². The fourth-order valence-electron chi connectivity index (χ4n) is 6.12. The molecule has 2 unspecified atom stereocenters. The van der Waals surface area contributed by atoms with E-state index >= 15 is 0 Å². The molecule has 1 saturated heterocycles. The van der Waals surface area contributed by atoms with Crippen molar-refractivity contribution >= 4 is 34.2 Å². The molecule has 2 aliphatic rings. The van der Waals surface area contributed by atoms with Gasteiger partial charge in [-0.05, 0) is 49.1 Å². The lowest BCUT2D eigenvalue weighted by molar-refractivity contribution is -0.131. The van der Waals surface area contributed by atoms with Gasteiger partial charge in [0, 0.05) is 37.2 Å². The van der Waals surface area contributed by atoms with Crippen molar-refractivity contribution in [1.29, 1.82) is 0 Å². The number of rotatable bonds is 9. The number of hydrogen-bond acceptors (Lipinski definition) is 6. The lowest BCUT2D eigenvalue weighted by Gasteiger charge is -2.39. The molecule has 8 nitrogen and oxygen atoms in total. The number of aryl methyl sites for hydroxylation is 1. The van der Waals surface area contributed by atoms with Crippen LogP contribution in [0.15, 0.2) is 29.6 Å². The number of methoxy groups -OCH3 is 1. The number of likely N-dealkylation sites (tertiary alicyclic amines) is 1. The third-order valence-corrected chi connectivity index (χ3v) is 8.16. The van der Waals surface area contributed by atoms with Crippen molar-refractivity contribution in [2.45, 2.75) is 59.4 Å². The highest BCUT2D eigenvalue weighted by molar-refractivity contribution is 7.13. The summed E-state index contributed by atoms with van der Waals surface area (Å²) >= 11 is 1.29. The first-order chi connectivity index (χ1) is 17.5. The smallest absolute Gasteiger partial charge is 0.254 e. The van der Waals surface area contributed by atoms with Crippen molar-refractivity contribution in [2.24, 2.45) is 10.8 Å². The third-order valence-electron chi connectivity index (χ3n) is 7.35. The molecule has 1 aromatic carbocycles. The summed E-state index contributed by atoms with van der Waals surface area (Å²) in [5.74, 6) is -0.471. The minimum Gasteiger partial charge on any atom is -0.383 e. The van der Waals surface area contributed by atoms with Crippen molar-refractivity contribution < 1.29 is 19.1 Å². The minimum absolute atomic E-state index is 0.101. The van der Waals surface area contributed by atoms with Crippen LogP contribution in [-0.4, -0.2) is 71.9 Å². The van der Waals surface area contributed by atoms with Crippen LogP contribution in [0.25, 0.3) is 0 Å². The number of carbonyl (C=O) groups is 3. The SMILES string of the molecule is COCCN(CC(=O)Nc1nc(CC(=O)N2CC3(C)CC2CC(C)(C)C3)cs1)C(=O)c1ccc(C)cc1. The van der Waals surface area contributed by atoms with Crippen molar-refractivity contribution in [3.8, 4) is 0 Å². The van der Waals surface area contributed by atoms with Gasteiger partial charge < -0.3 is 19.9 Å². The standard InChI is InChI=1S/C28H38N4O4S/c1-19-6-8-20(9-7-19)25(35)31(10-11-36-5)15-23(33)30-26-29-21(16-37-26)12-24(34)32-18-28(4)14-22(32)13-27(2,3)17-28/h6-9,16,22H,10-15,17-18H2,1-5H3,(H,29,30,33). The molecular formula is C28H38N4O4S. The second-order valence-electron chi connectivity index (χ2n) is 11.7. The molecule has 1 saturated carbocycles. The highest BCUT2D eigenvalue weighted by Crippen LogP contribution is 2.52. The summed E-state index contributed by atoms with van der Waals surface area (Å²) in [6, 6.07) is 7.56. The van der Waals surface area contributed by atoms with Crippen molar-refractivity contribution in [3.05, 3.63) is 46.5 Å². The van der Waals surface area contributed by atoms with E-state index in [4.69, 9.17) is 4.74 Å². The van der Waals surface area contributed by atoms with E-state index in [1.54, 1.807) is 19.2 Å². The molecular weight excluding hydrogens is 488 g/mol. The van der Waals surface area contributed by atoms with Gasteiger partial charge in [0.15, 0.2) is 5.13 Å². The van der Waals surface area contributed by atoms with Gasteiger partial charge in [-0.15, -0.1) is 11.3 Å². The van der Waals surface area contributed by atoms with Gasteiger partial charge >= 0.3 is 0 Å². The molecule has 37 heavy (non-hydrogen) atoms. The first-order valence-electron chi connectivity index (χ1n) is 12.9. The summed E-state index contributed by atoms with van der Waals surface area (Å²) in [4.78, 5) is 46.9. The molecule has 3 amide bonds. The Morgan fingerprint density at radius 1 is 1.19 bits per heavy atom. The number of anilines is 1. The first kappa shape index (κ1) is 27.3. The van der Waals surface area contributed by atoms with E-state index in [0.29, 0.717) is 35.6 Å². The lowest BCUT2D eigenvalue weighted by atomic mass is 9.65. The maximum absolute atomic E-state index is 13.2. The number of aromatic nitrogens is 1. The number of carbonyl (C=O) groups excluding carboxylic acids is 3. The molecule has 4 rings (SSSR count). The minimum atomic E-state index is -0.340. The predicted molar refractivity (Wildman–Crippen MR) is 145 cm³/mol. The highest BCUT2D eigenvalue weighted by Gasteiger charge is 2.50. The Morgan fingerprint density at radius 2 is 1.92 bits per heavy atom. The Kier molecular flexibility index (Phi) is 8.04. The maximum Gasteiger partial charge on any atom is 0.254 e. The number of hydrogen-bond donors (Lipinski definition) is 1. The molecule has 1 aliphatic carbocycles. The average molecular weight is 527 g/mol. The van der Waals surface area contributed by atoms with Crippen LogP contribution in [0, 0.1) is 17.8 Å². The van der Waals surface area contributed by atoms with Crippen molar-refractivity contribution in [3.63, 3.8) is 0 Å². The molecule has 9 heteroatoms. The van der Waals surface area contributed by atoms with E-state index in [2.05, 4.69) is 36.0 Å². The first-order valence-corrected chi connectivity index (χ1v) is 13.7. The van der Waals surface area contributed by atoms with Gasteiger partial charge in [-0.25, -0.2) is 4.98 Å². The zero-order valence-electron chi connectivity index (χ0n) is 22.5. The molecule has 2 aromatic rings. The number of fused-ring (bicyclic) bond motifs is 2. The van der Waals surface area contributed by atoms with E-state index in [9.17, 15) is 14.4 Å². The van der Waals surface area contributed by atoms with Crippen LogP contribution in [0.2, 0.25) is 0 Å². The topological polar surface area (TPSA) is 91.8 Å². The van der Waals surface area contributed by atoms with Crippen molar-refractivity contribution in [1.82, 2.24) is 14.8 Å². The molecule has 2 atom stereocenters. The van der Waals surface area contributed by atoms with Crippen LogP contribution in [-0.2, 0) is 20.7 Å². The number of benzene rings is 1. The summed E-state index contributed by atoms with van der Waals surface area (Å²) in [5, 5.41) is 5.04. The number of nitrogens with one attached hydrogen (secondary N) is 1. The van der Waals surface area contributed by atoms with E-state index in [0.717, 1.165) is 31.4 Å². The molecule has 0 radical (unpaired) electrons. The Balaban J connectivity index is 1.34. The summed E-state index contributed by atoms with van der Waals surface area (Å²) < 4.78 is 5.13. The average Bonchev–Trinajstić information content (AvgIpc) is 3.35. The molecule has 1 N–H and O–H groups in total. The fourth-order valence-corrected chi connectivity index (χ4v) is 6.84. The van der Waals surface area contributed by atoms with E-state index in [1.807, 2.05) is 24.4 Å². The van der Waals surface area contributed by atoms with Crippen LogP contribution < -0.4 is 5.32 Å². The quantitative estimate of drug-likeness (QED) is 0.530. The third kappa shape index (κ3) is 6.76. The maximum atomic E-state index is 13.2. The molecule has 2 heterocycles. The van der Waals surface area contributed by atoms with Gasteiger partial charge in [0.2, 0.25) is 11.8 Å². The van der Waals surface area contributed by atoms with Crippen LogP contribution in [0.1, 0.15) is 61.6 Å². The number of ether oxygens (including phenoxy) is 1. The second kappa shape index (κ2) is 10.9. The van der Waals surface area contributed by atoms with Crippen LogP contribution in [0.4, 0.5) is 5.13 Å². The van der Waals surface area contributed by atoms with Gasteiger partial charge in [0.1, 0.15) is 6.54 Å². The van der Waals surface area contributed by atoms with E-state index in [-0.39, 0.29) is 41.5 Å².